The van der Waals surface area contributed by atoms with Gasteiger partial charge in [0.15, 0.2) is 0 Å². The molecule has 4 nitrogen and oxygen atoms in total. The van der Waals surface area contributed by atoms with Gasteiger partial charge in [-0.1, -0.05) is 20.8 Å². The van der Waals surface area contributed by atoms with Crippen molar-refractivity contribution in [1.29, 1.82) is 0 Å². The molecule has 1 aliphatic carbocycles. The minimum atomic E-state index is -0.251. The molecule has 0 amide bonds. The lowest BCUT2D eigenvalue weighted by molar-refractivity contribution is -0.00803. The summed E-state index contributed by atoms with van der Waals surface area (Å²) in [6.07, 6.45) is 4.88. The van der Waals surface area contributed by atoms with Crippen molar-refractivity contribution in [3.63, 3.8) is 0 Å². The van der Waals surface area contributed by atoms with Gasteiger partial charge in [-0.05, 0) is 43.6 Å². The molecule has 112 valence electrons. The lowest BCUT2D eigenvalue weighted by Crippen LogP contribution is -2.34. The van der Waals surface area contributed by atoms with Gasteiger partial charge in [0.05, 0.1) is 5.69 Å². The third-order valence-corrected chi connectivity index (χ3v) is 4.09. The van der Waals surface area contributed by atoms with Gasteiger partial charge in [0, 0.05) is 12.7 Å². The Kier molecular flexibility index (Phi) is 4.11. The number of hydrogen-bond donors (Lipinski definition) is 1. The molecule has 1 heterocycles. The van der Waals surface area contributed by atoms with Gasteiger partial charge >= 0.3 is 5.97 Å². The standard InChI is InChI=1S/C16H26N2O2/c1-5-18-10-12(17)7-14(18)15(19)20-13-6-11(2)8-16(3,4)9-13/h7,10-11,13H,5-6,8-9,17H2,1-4H3. The van der Waals surface area contributed by atoms with Crippen LogP contribution in [-0.4, -0.2) is 16.6 Å². The van der Waals surface area contributed by atoms with Gasteiger partial charge in [0.25, 0.3) is 0 Å². The summed E-state index contributed by atoms with van der Waals surface area (Å²) in [7, 11) is 0. The van der Waals surface area contributed by atoms with E-state index in [4.69, 9.17) is 10.5 Å². The molecular weight excluding hydrogens is 252 g/mol. The van der Waals surface area contributed by atoms with Crippen molar-refractivity contribution in [3.05, 3.63) is 18.0 Å². The molecule has 0 saturated heterocycles. The van der Waals surface area contributed by atoms with Gasteiger partial charge in [0.1, 0.15) is 11.8 Å². The van der Waals surface area contributed by atoms with Crippen LogP contribution in [0.2, 0.25) is 0 Å². The van der Waals surface area contributed by atoms with Crippen molar-refractivity contribution < 1.29 is 9.53 Å². The topological polar surface area (TPSA) is 57.2 Å². The molecule has 1 aromatic rings. The van der Waals surface area contributed by atoms with Gasteiger partial charge in [0.2, 0.25) is 0 Å². The Hall–Kier alpha value is -1.45. The number of rotatable bonds is 3. The zero-order chi connectivity index (χ0) is 14.9. The van der Waals surface area contributed by atoms with Crippen LogP contribution in [0.5, 0.6) is 0 Å². The fourth-order valence-corrected chi connectivity index (χ4v) is 3.53. The minimum absolute atomic E-state index is 0.0164. The highest BCUT2D eigenvalue weighted by molar-refractivity contribution is 5.89. The zero-order valence-electron chi connectivity index (χ0n) is 13.0. The Morgan fingerprint density at radius 3 is 2.80 bits per heavy atom. The second-order valence-electron chi connectivity index (χ2n) is 6.89. The number of nitrogen functional groups attached to an aromatic ring is 1. The smallest absolute Gasteiger partial charge is 0.355 e. The average molecular weight is 278 g/mol. The van der Waals surface area contributed by atoms with E-state index in [1.165, 1.54) is 6.42 Å². The molecule has 0 aliphatic heterocycles. The number of esters is 1. The Morgan fingerprint density at radius 2 is 2.20 bits per heavy atom. The monoisotopic (exact) mass is 278 g/mol. The highest BCUT2D eigenvalue weighted by Crippen LogP contribution is 2.39. The second-order valence-corrected chi connectivity index (χ2v) is 6.89. The molecule has 1 aromatic heterocycles. The summed E-state index contributed by atoms with van der Waals surface area (Å²) >= 11 is 0. The second kappa shape index (κ2) is 5.51. The van der Waals surface area contributed by atoms with E-state index in [0.717, 1.165) is 12.8 Å². The third kappa shape index (κ3) is 3.35. The van der Waals surface area contributed by atoms with Crippen LogP contribution in [0, 0.1) is 11.3 Å². The number of nitrogens with zero attached hydrogens (tertiary/aromatic N) is 1. The molecule has 1 saturated carbocycles. The van der Waals surface area contributed by atoms with Crippen molar-refractivity contribution in [2.75, 3.05) is 5.73 Å². The number of hydrogen-bond acceptors (Lipinski definition) is 3. The van der Waals surface area contributed by atoms with Crippen LogP contribution in [0.15, 0.2) is 12.3 Å². The molecule has 0 radical (unpaired) electrons. The fraction of sp³-hybridized carbons (Fsp3) is 0.688. The lowest BCUT2D eigenvalue weighted by atomic mass is 9.71. The van der Waals surface area contributed by atoms with Crippen LogP contribution in [0.25, 0.3) is 0 Å². The molecule has 1 aliphatic rings. The zero-order valence-corrected chi connectivity index (χ0v) is 13.0. The van der Waals surface area contributed by atoms with Crippen molar-refractivity contribution in [2.24, 2.45) is 11.3 Å². The number of ether oxygens (including phenoxy) is 1. The van der Waals surface area contributed by atoms with E-state index in [2.05, 4.69) is 20.8 Å². The predicted octanol–water partition coefficient (Wildman–Crippen LogP) is 3.46. The molecular formula is C16H26N2O2. The quantitative estimate of drug-likeness (QED) is 0.861. The molecule has 1 fully saturated rings. The average Bonchev–Trinajstić information content (AvgIpc) is 2.67. The number of anilines is 1. The maximum atomic E-state index is 12.3. The van der Waals surface area contributed by atoms with Crippen LogP contribution >= 0.6 is 0 Å². The normalized spacial score (nSPS) is 25.4. The molecule has 2 unspecified atom stereocenters. The van der Waals surface area contributed by atoms with E-state index in [9.17, 15) is 4.79 Å². The highest BCUT2D eigenvalue weighted by Gasteiger charge is 2.34. The van der Waals surface area contributed by atoms with Crippen LogP contribution in [-0.2, 0) is 11.3 Å². The molecule has 0 bridgehead atoms. The fourth-order valence-electron chi connectivity index (χ4n) is 3.53. The van der Waals surface area contributed by atoms with Gasteiger partial charge in [-0.3, -0.25) is 0 Å². The molecule has 2 atom stereocenters. The van der Waals surface area contributed by atoms with Crippen LogP contribution in [0.1, 0.15) is 57.4 Å². The minimum Gasteiger partial charge on any atom is -0.458 e. The van der Waals surface area contributed by atoms with E-state index in [0.29, 0.717) is 23.8 Å². The molecule has 4 heteroatoms. The summed E-state index contributed by atoms with van der Waals surface area (Å²) in [6.45, 7) is 9.43. The number of aryl methyl sites for hydroxylation is 1. The first-order valence-corrected chi connectivity index (χ1v) is 7.47. The molecule has 2 N–H and O–H groups in total. The first-order valence-electron chi connectivity index (χ1n) is 7.47. The van der Waals surface area contributed by atoms with Crippen LogP contribution < -0.4 is 5.73 Å². The van der Waals surface area contributed by atoms with Gasteiger partial charge < -0.3 is 15.0 Å². The van der Waals surface area contributed by atoms with Gasteiger partial charge in [-0.15, -0.1) is 0 Å². The first-order chi connectivity index (χ1) is 9.30. The maximum absolute atomic E-state index is 12.3. The third-order valence-electron chi connectivity index (χ3n) is 4.09. The Morgan fingerprint density at radius 1 is 1.50 bits per heavy atom. The lowest BCUT2D eigenvalue weighted by Gasteiger charge is -2.38. The van der Waals surface area contributed by atoms with Crippen LogP contribution in [0.4, 0.5) is 5.69 Å². The van der Waals surface area contributed by atoms with Crippen molar-refractivity contribution in [2.45, 2.75) is 59.6 Å². The van der Waals surface area contributed by atoms with E-state index in [-0.39, 0.29) is 17.5 Å². The first kappa shape index (κ1) is 14.9. The SMILES string of the molecule is CCn1cc(N)cc1C(=O)OC1CC(C)CC(C)(C)C1. The summed E-state index contributed by atoms with van der Waals surface area (Å²) in [6, 6.07) is 1.70. The molecule has 0 spiro atoms. The summed E-state index contributed by atoms with van der Waals surface area (Å²) in [5.74, 6) is 0.345. The summed E-state index contributed by atoms with van der Waals surface area (Å²) in [4.78, 5) is 12.3. The summed E-state index contributed by atoms with van der Waals surface area (Å²) in [5.41, 5.74) is 7.17. The number of carbonyl (C=O) groups excluding carboxylic acids is 1. The van der Waals surface area contributed by atoms with E-state index in [1.807, 2.05) is 11.5 Å². The number of aromatic nitrogens is 1. The largest absolute Gasteiger partial charge is 0.458 e. The highest BCUT2D eigenvalue weighted by atomic mass is 16.5. The van der Waals surface area contributed by atoms with Crippen molar-refractivity contribution in [1.82, 2.24) is 4.57 Å². The summed E-state index contributed by atoms with van der Waals surface area (Å²) < 4.78 is 7.57. The molecule has 2 rings (SSSR count). The van der Waals surface area contributed by atoms with Crippen molar-refractivity contribution >= 4 is 11.7 Å². The van der Waals surface area contributed by atoms with E-state index >= 15 is 0 Å². The van der Waals surface area contributed by atoms with E-state index in [1.54, 1.807) is 12.3 Å². The van der Waals surface area contributed by atoms with Crippen molar-refractivity contribution in [3.8, 4) is 0 Å². The number of carbonyl (C=O) groups is 1. The number of nitrogens with two attached hydrogens (primary N) is 1. The molecule has 20 heavy (non-hydrogen) atoms. The summed E-state index contributed by atoms with van der Waals surface area (Å²) in [5, 5.41) is 0. The molecule has 0 aromatic carbocycles. The maximum Gasteiger partial charge on any atom is 0.355 e. The predicted molar refractivity (Wildman–Crippen MR) is 80.5 cm³/mol. The Balaban J connectivity index is 2.07. The van der Waals surface area contributed by atoms with Crippen LogP contribution in [0.3, 0.4) is 0 Å². The Labute approximate surface area is 121 Å². The van der Waals surface area contributed by atoms with Gasteiger partial charge in [-0.2, -0.15) is 0 Å². The van der Waals surface area contributed by atoms with Gasteiger partial charge in [-0.25, -0.2) is 4.79 Å². The Bertz CT molecular complexity index is 491. The van der Waals surface area contributed by atoms with E-state index < -0.39 is 0 Å².